The second kappa shape index (κ2) is 3.75. The second-order valence-electron chi connectivity index (χ2n) is 3.51. The molecule has 1 heterocycles. The Morgan fingerprint density at radius 1 is 1.46 bits per heavy atom. The Morgan fingerprint density at radius 2 is 2.08 bits per heavy atom. The van der Waals surface area contributed by atoms with Crippen molar-refractivity contribution < 1.29 is 0 Å². The molecule has 0 atom stereocenters. The fourth-order valence-corrected chi connectivity index (χ4v) is 1.44. The molecule has 0 fully saturated rings. The van der Waals surface area contributed by atoms with Crippen LogP contribution in [0.25, 0.3) is 0 Å². The van der Waals surface area contributed by atoms with Crippen molar-refractivity contribution in [3.05, 3.63) is 33.7 Å². The quantitative estimate of drug-likeness (QED) is 0.737. The molecule has 1 rings (SSSR count). The molecule has 0 aromatic carbocycles. The van der Waals surface area contributed by atoms with E-state index in [0.29, 0.717) is 18.0 Å². The van der Waals surface area contributed by atoms with E-state index in [1.807, 2.05) is 12.1 Å². The van der Waals surface area contributed by atoms with Gasteiger partial charge in [-0.3, -0.25) is 4.79 Å². The highest BCUT2D eigenvalue weighted by Gasteiger charge is 2.06. The molecule has 2 N–H and O–H groups in total. The molecule has 1 aromatic rings. The Balaban J connectivity index is 3.32. The van der Waals surface area contributed by atoms with Crippen molar-refractivity contribution >= 4 is 0 Å². The molecule has 0 amide bonds. The van der Waals surface area contributed by atoms with Crippen LogP contribution in [0, 0.1) is 0 Å². The molecule has 0 aliphatic carbocycles. The SMILES string of the molecule is CC(C)c1ccc(CN)c(=O)n1C. The standard InChI is InChI=1S/C10H16N2O/c1-7(2)9-5-4-8(6-11)10(13)12(9)3/h4-5,7H,6,11H2,1-3H3. The molecule has 0 aliphatic heterocycles. The van der Waals surface area contributed by atoms with E-state index >= 15 is 0 Å². The highest BCUT2D eigenvalue weighted by Crippen LogP contribution is 2.11. The summed E-state index contributed by atoms with van der Waals surface area (Å²) in [5, 5.41) is 0. The van der Waals surface area contributed by atoms with Crippen LogP contribution in [-0.2, 0) is 13.6 Å². The molecule has 1 aromatic heterocycles. The summed E-state index contributed by atoms with van der Waals surface area (Å²) in [5.74, 6) is 0.365. The Morgan fingerprint density at radius 3 is 2.54 bits per heavy atom. The monoisotopic (exact) mass is 180 g/mol. The lowest BCUT2D eigenvalue weighted by Crippen LogP contribution is -2.25. The van der Waals surface area contributed by atoms with E-state index in [4.69, 9.17) is 5.73 Å². The number of pyridine rings is 1. The third kappa shape index (κ3) is 1.80. The largest absolute Gasteiger partial charge is 0.326 e. The molecule has 0 radical (unpaired) electrons. The van der Waals surface area contributed by atoms with E-state index in [0.717, 1.165) is 5.69 Å². The molecular formula is C10H16N2O. The fraction of sp³-hybridized carbons (Fsp3) is 0.500. The van der Waals surface area contributed by atoms with Crippen molar-refractivity contribution in [2.75, 3.05) is 0 Å². The zero-order valence-electron chi connectivity index (χ0n) is 8.37. The summed E-state index contributed by atoms with van der Waals surface area (Å²) >= 11 is 0. The predicted octanol–water partition coefficient (Wildman–Crippen LogP) is 0.967. The van der Waals surface area contributed by atoms with E-state index in [-0.39, 0.29) is 5.56 Å². The van der Waals surface area contributed by atoms with Crippen molar-refractivity contribution in [2.45, 2.75) is 26.3 Å². The van der Waals surface area contributed by atoms with E-state index in [2.05, 4.69) is 13.8 Å². The van der Waals surface area contributed by atoms with Crippen LogP contribution in [-0.4, -0.2) is 4.57 Å². The lowest BCUT2D eigenvalue weighted by molar-refractivity contribution is 0.697. The Hall–Kier alpha value is -1.09. The number of hydrogen-bond donors (Lipinski definition) is 1. The second-order valence-corrected chi connectivity index (χ2v) is 3.51. The molecule has 13 heavy (non-hydrogen) atoms. The maximum Gasteiger partial charge on any atom is 0.254 e. The van der Waals surface area contributed by atoms with Gasteiger partial charge in [-0.2, -0.15) is 0 Å². The van der Waals surface area contributed by atoms with Gasteiger partial charge in [-0.1, -0.05) is 19.9 Å². The first-order valence-corrected chi connectivity index (χ1v) is 4.46. The van der Waals surface area contributed by atoms with Gasteiger partial charge in [0.25, 0.3) is 5.56 Å². The lowest BCUT2D eigenvalue weighted by Gasteiger charge is -2.12. The van der Waals surface area contributed by atoms with Gasteiger partial charge in [0.15, 0.2) is 0 Å². The number of hydrogen-bond acceptors (Lipinski definition) is 2. The first-order chi connectivity index (χ1) is 6.07. The number of rotatable bonds is 2. The summed E-state index contributed by atoms with van der Waals surface area (Å²) in [6, 6.07) is 3.78. The van der Waals surface area contributed by atoms with Gasteiger partial charge >= 0.3 is 0 Å². The van der Waals surface area contributed by atoms with Crippen molar-refractivity contribution in [2.24, 2.45) is 12.8 Å². The summed E-state index contributed by atoms with van der Waals surface area (Å²) in [6.07, 6.45) is 0. The normalized spacial score (nSPS) is 10.8. The minimum Gasteiger partial charge on any atom is -0.326 e. The average Bonchev–Trinajstić information content (AvgIpc) is 2.09. The Bertz CT molecular complexity index is 352. The minimum absolute atomic E-state index is 0.0219. The number of aromatic nitrogens is 1. The van der Waals surface area contributed by atoms with E-state index in [1.165, 1.54) is 0 Å². The third-order valence-electron chi connectivity index (χ3n) is 2.23. The molecule has 0 saturated carbocycles. The Labute approximate surface area is 78.2 Å². The van der Waals surface area contributed by atoms with E-state index in [1.54, 1.807) is 11.6 Å². The molecule has 0 unspecified atom stereocenters. The van der Waals surface area contributed by atoms with Gasteiger partial charge in [-0.05, 0) is 12.0 Å². The van der Waals surface area contributed by atoms with Gasteiger partial charge < -0.3 is 10.3 Å². The van der Waals surface area contributed by atoms with Crippen molar-refractivity contribution in [3.63, 3.8) is 0 Å². The molecule has 3 nitrogen and oxygen atoms in total. The van der Waals surface area contributed by atoms with Crippen molar-refractivity contribution in [1.29, 1.82) is 0 Å². The van der Waals surface area contributed by atoms with Crippen LogP contribution in [0.5, 0.6) is 0 Å². The molecule has 72 valence electrons. The molecule has 0 spiro atoms. The third-order valence-corrected chi connectivity index (χ3v) is 2.23. The first-order valence-electron chi connectivity index (χ1n) is 4.46. The molecule has 3 heteroatoms. The van der Waals surface area contributed by atoms with Crippen LogP contribution in [0.15, 0.2) is 16.9 Å². The smallest absolute Gasteiger partial charge is 0.254 e. The van der Waals surface area contributed by atoms with Crippen LogP contribution < -0.4 is 11.3 Å². The summed E-state index contributed by atoms with van der Waals surface area (Å²) in [4.78, 5) is 11.6. The minimum atomic E-state index is 0.0219. The first kappa shape index (κ1) is 9.99. The van der Waals surface area contributed by atoms with Crippen LogP contribution in [0.3, 0.4) is 0 Å². The van der Waals surface area contributed by atoms with Crippen LogP contribution in [0.4, 0.5) is 0 Å². The van der Waals surface area contributed by atoms with Gasteiger partial charge in [0, 0.05) is 24.8 Å². The Kier molecular flexibility index (Phi) is 2.88. The van der Waals surface area contributed by atoms with Gasteiger partial charge in [-0.15, -0.1) is 0 Å². The summed E-state index contributed by atoms with van der Waals surface area (Å²) in [6.45, 7) is 4.44. The topological polar surface area (TPSA) is 48.0 Å². The van der Waals surface area contributed by atoms with Crippen LogP contribution >= 0.6 is 0 Å². The van der Waals surface area contributed by atoms with Crippen LogP contribution in [0.1, 0.15) is 31.0 Å². The van der Waals surface area contributed by atoms with Crippen molar-refractivity contribution in [3.8, 4) is 0 Å². The highest BCUT2D eigenvalue weighted by molar-refractivity contribution is 5.17. The van der Waals surface area contributed by atoms with Gasteiger partial charge in [0.05, 0.1) is 0 Å². The fourth-order valence-electron chi connectivity index (χ4n) is 1.44. The summed E-state index contributed by atoms with van der Waals surface area (Å²) < 4.78 is 1.67. The molecule has 0 aliphatic rings. The maximum atomic E-state index is 11.6. The van der Waals surface area contributed by atoms with Gasteiger partial charge in [-0.25, -0.2) is 0 Å². The molecular weight excluding hydrogens is 164 g/mol. The zero-order chi connectivity index (χ0) is 10.0. The number of nitrogens with zero attached hydrogens (tertiary/aromatic N) is 1. The number of nitrogens with two attached hydrogens (primary N) is 1. The van der Waals surface area contributed by atoms with Gasteiger partial charge in [0.2, 0.25) is 0 Å². The van der Waals surface area contributed by atoms with Crippen LogP contribution in [0.2, 0.25) is 0 Å². The predicted molar refractivity (Wildman–Crippen MR) is 53.7 cm³/mol. The molecule has 0 bridgehead atoms. The average molecular weight is 180 g/mol. The maximum absolute atomic E-state index is 11.6. The zero-order valence-corrected chi connectivity index (χ0v) is 8.37. The lowest BCUT2D eigenvalue weighted by atomic mass is 10.1. The van der Waals surface area contributed by atoms with E-state index in [9.17, 15) is 4.79 Å². The van der Waals surface area contributed by atoms with Crippen molar-refractivity contribution in [1.82, 2.24) is 4.57 Å². The summed E-state index contributed by atoms with van der Waals surface area (Å²) in [7, 11) is 1.79. The van der Waals surface area contributed by atoms with Gasteiger partial charge in [0.1, 0.15) is 0 Å². The van der Waals surface area contributed by atoms with E-state index < -0.39 is 0 Å². The summed E-state index contributed by atoms with van der Waals surface area (Å²) in [5.41, 5.74) is 7.17. The highest BCUT2D eigenvalue weighted by atomic mass is 16.1. The molecule has 0 saturated heterocycles.